The van der Waals surface area contributed by atoms with Crippen LogP contribution in [0.25, 0.3) is 17.2 Å². The van der Waals surface area contributed by atoms with Gasteiger partial charge in [-0.3, -0.25) is 4.79 Å². The van der Waals surface area contributed by atoms with Crippen molar-refractivity contribution in [3.8, 4) is 5.75 Å². The Morgan fingerprint density at radius 1 is 1.03 bits per heavy atom. The Bertz CT molecular complexity index is 1210. The molecule has 1 N–H and O–H groups in total. The zero-order valence-corrected chi connectivity index (χ0v) is 16.9. The number of hydrogen-bond acceptors (Lipinski definition) is 2. The molecule has 3 aromatic carbocycles. The summed E-state index contributed by atoms with van der Waals surface area (Å²) < 4.78 is 34.3. The molecular weight excluding hydrogens is 398 g/mol. The van der Waals surface area contributed by atoms with E-state index in [2.05, 4.69) is 0 Å². The molecule has 0 amide bonds. The average molecular weight is 418 g/mol. The number of carboxylic acid groups (broad SMARTS) is 1. The monoisotopic (exact) mass is 418 g/mol. The van der Waals surface area contributed by atoms with Crippen molar-refractivity contribution in [3.63, 3.8) is 0 Å². The van der Waals surface area contributed by atoms with Crippen LogP contribution in [-0.2, 0) is 11.4 Å². The predicted molar refractivity (Wildman–Crippen MR) is 116 cm³/mol. The first kappa shape index (κ1) is 20.5. The van der Waals surface area contributed by atoms with Crippen LogP contribution < -0.4 is 4.74 Å². The number of carboxylic acids is 1. The Morgan fingerprint density at radius 3 is 2.55 bits per heavy atom. The highest BCUT2D eigenvalue weighted by atomic mass is 19.1. The molecule has 156 valence electrons. The average Bonchev–Trinajstić information content (AvgIpc) is 2.99. The summed E-state index contributed by atoms with van der Waals surface area (Å²) >= 11 is 0. The van der Waals surface area contributed by atoms with Gasteiger partial charge >= 0.3 is 5.97 Å². The topological polar surface area (TPSA) is 46.5 Å². The molecule has 0 aromatic heterocycles. The fraction of sp³-hybridized carbons (Fsp3) is 0.115. The van der Waals surface area contributed by atoms with Crippen LogP contribution in [0.1, 0.15) is 35.6 Å². The maximum Gasteiger partial charge on any atom is 0.307 e. The van der Waals surface area contributed by atoms with Crippen molar-refractivity contribution in [3.05, 3.63) is 106 Å². The van der Waals surface area contributed by atoms with Gasteiger partial charge in [-0.25, -0.2) is 8.78 Å². The van der Waals surface area contributed by atoms with Crippen molar-refractivity contribution in [2.75, 3.05) is 0 Å². The molecule has 0 radical (unpaired) electrons. The maximum atomic E-state index is 14.7. The first-order valence-electron chi connectivity index (χ1n) is 9.82. The zero-order valence-electron chi connectivity index (χ0n) is 16.9. The molecule has 0 spiro atoms. The molecule has 0 heterocycles. The normalized spacial score (nSPS) is 14.1. The number of benzene rings is 3. The Morgan fingerprint density at radius 2 is 1.81 bits per heavy atom. The SMILES string of the molecule is CC1=C(CC(=O)O)c2cc(F)cc(F)c2/C1=C\c1cccc(COc2ccccc2)c1. The van der Waals surface area contributed by atoms with Gasteiger partial charge in [-0.05, 0) is 70.7 Å². The molecule has 31 heavy (non-hydrogen) atoms. The summed E-state index contributed by atoms with van der Waals surface area (Å²) in [5.74, 6) is -1.72. The van der Waals surface area contributed by atoms with E-state index in [1.807, 2.05) is 54.6 Å². The second-order valence-corrected chi connectivity index (χ2v) is 7.39. The minimum atomic E-state index is -1.05. The molecule has 1 aliphatic rings. The van der Waals surface area contributed by atoms with Gasteiger partial charge in [0.05, 0.1) is 6.42 Å². The number of carbonyl (C=O) groups is 1. The van der Waals surface area contributed by atoms with Crippen molar-refractivity contribution in [1.82, 2.24) is 0 Å². The van der Waals surface area contributed by atoms with Gasteiger partial charge in [0, 0.05) is 11.6 Å². The number of allylic oxidation sites excluding steroid dienone is 2. The van der Waals surface area contributed by atoms with E-state index in [1.165, 1.54) is 6.07 Å². The predicted octanol–water partition coefficient (Wildman–Crippen LogP) is 6.35. The lowest BCUT2D eigenvalue weighted by Gasteiger charge is -2.09. The van der Waals surface area contributed by atoms with Crippen LogP contribution in [0.2, 0.25) is 0 Å². The smallest absolute Gasteiger partial charge is 0.307 e. The van der Waals surface area contributed by atoms with Crippen LogP contribution in [0.3, 0.4) is 0 Å². The van der Waals surface area contributed by atoms with Crippen LogP contribution in [0.4, 0.5) is 8.78 Å². The highest BCUT2D eigenvalue weighted by Crippen LogP contribution is 2.45. The number of halogens is 2. The van der Waals surface area contributed by atoms with Gasteiger partial charge in [0.2, 0.25) is 0 Å². The van der Waals surface area contributed by atoms with E-state index < -0.39 is 17.6 Å². The van der Waals surface area contributed by atoms with Crippen LogP contribution in [-0.4, -0.2) is 11.1 Å². The summed E-state index contributed by atoms with van der Waals surface area (Å²) in [6, 6.07) is 19.1. The number of para-hydroxylation sites is 1. The van der Waals surface area contributed by atoms with E-state index in [-0.39, 0.29) is 12.0 Å². The second kappa shape index (κ2) is 8.56. The van der Waals surface area contributed by atoms with Crippen LogP contribution in [0, 0.1) is 11.6 Å². The van der Waals surface area contributed by atoms with Crippen molar-refractivity contribution < 1.29 is 23.4 Å². The molecule has 3 nitrogen and oxygen atoms in total. The number of aliphatic carboxylic acids is 1. The summed E-state index contributed by atoms with van der Waals surface area (Å²) in [5.41, 5.74) is 3.90. The van der Waals surface area contributed by atoms with E-state index in [4.69, 9.17) is 4.74 Å². The Labute approximate surface area is 178 Å². The molecule has 3 aromatic rings. The molecule has 0 bridgehead atoms. The first-order valence-corrected chi connectivity index (χ1v) is 9.82. The standard InChI is InChI=1S/C26H20F2O3/c1-16-21(14-25(29)30)23-12-19(27)13-24(28)26(23)22(16)11-17-6-5-7-18(10-17)15-31-20-8-3-2-4-9-20/h2-13H,14-15H2,1H3,(H,29,30)/b22-11-. The van der Waals surface area contributed by atoms with E-state index in [1.54, 1.807) is 13.0 Å². The lowest BCUT2D eigenvalue weighted by Crippen LogP contribution is -1.98. The van der Waals surface area contributed by atoms with Crippen molar-refractivity contribution in [2.45, 2.75) is 20.0 Å². The van der Waals surface area contributed by atoms with Gasteiger partial charge < -0.3 is 9.84 Å². The molecule has 0 atom stereocenters. The fourth-order valence-corrected chi connectivity index (χ4v) is 3.82. The summed E-state index contributed by atoms with van der Waals surface area (Å²) in [6.07, 6.45) is 1.50. The van der Waals surface area contributed by atoms with Crippen LogP contribution in [0.15, 0.2) is 72.3 Å². The van der Waals surface area contributed by atoms with Gasteiger partial charge in [0.1, 0.15) is 24.0 Å². The highest BCUT2D eigenvalue weighted by molar-refractivity contribution is 6.07. The minimum absolute atomic E-state index is 0.237. The second-order valence-electron chi connectivity index (χ2n) is 7.39. The Kier molecular flexibility index (Phi) is 5.67. The van der Waals surface area contributed by atoms with Gasteiger partial charge in [-0.2, -0.15) is 0 Å². The zero-order chi connectivity index (χ0) is 22.0. The minimum Gasteiger partial charge on any atom is -0.489 e. The third-order valence-electron chi connectivity index (χ3n) is 5.24. The molecule has 0 fully saturated rings. The van der Waals surface area contributed by atoms with Gasteiger partial charge in [-0.15, -0.1) is 0 Å². The summed E-state index contributed by atoms with van der Waals surface area (Å²) in [4.78, 5) is 11.3. The number of ether oxygens (including phenoxy) is 1. The lowest BCUT2D eigenvalue weighted by atomic mass is 9.99. The van der Waals surface area contributed by atoms with E-state index in [9.17, 15) is 18.7 Å². The molecule has 0 unspecified atom stereocenters. The molecule has 1 aliphatic carbocycles. The first-order chi connectivity index (χ1) is 14.9. The molecule has 0 saturated heterocycles. The number of fused-ring (bicyclic) bond motifs is 1. The third-order valence-corrected chi connectivity index (χ3v) is 5.24. The molecule has 5 heteroatoms. The number of rotatable bonds is 6. The molecular formula is C26H20F2O3. The fourth-order valence-electron chi connectivity index (χ4n) is 3.82. The maximum absolute atomic E-state index is 14.7. The van der Waals surface area contributed by atoms with Gasteiger partial charge in [-0.1, -0.05) is 36.4 Å². The van der Waals surface area contributed by atoms with E-state index in [0.29, 0.717) is 28.9 Å². The van der Waals surface area contributed by atoms with Crippen LogP contribution in [0.5, 0.6) is 5.75 Å². The number of hydrogen-bond donors (Lipinski definition) is 1. The highest BCUT2D eigenvalue weighted by Gasteiger charge is 2.28. The van der Waals surface area contributed by atoms with E-state index in [0.717, 1.165) is 22.9 Å². The van der Waals surface area contributed by atoms with Crippen molar-refractivity contribution in [2.24, 2.45) is 0 Å². The summed E-state index contributed by atoms with van der Waals surface area (Å²) in [5, 5.41) is 9.27. The largest absolute Gasteiger partial charge is 0.489 e. The van der Waals surface area contributed by atoms with Gasteiger partial charge in [0.25, 0.3) is 0 Å². The van der Waals surface area contributed by atoms with Gasteiger partial charge in [0.15, 0.2) is 0 Å². The molecule has 0 saturated carbocycles. The molecule has 0 aliphatic heterocycles. The lowest BCUT2D eigenvalue weighted by molar-refractivity contribution is -0.135. The summed E-state index contributed by atoms with van der Waals surface area (Å²) in [6.45, 7) is 2.11. The quantitative estimate of drug-likeness (QED) is 0.508. The van der Waals surface area contributed by atoms with Crippen LogP contribution >= 0.6 is 0 Å². The Balaban J connectivity index is 1.70. The van der Waals surface area contributed by atoms with Crippen molar-refractivity contribution in [1.29, 1.82) is 0 Å². The Hall–Kier alpha value is -3.73. The summed E-state index contributed by atoms with van der Waals surface area (Å²) in [7, 11) is 0. The molecule has 4 rings (SSSR count). The van der Waals surface area contributed by atoms with Crippen molar-refractivity contribution >= 4 is 23.2 Å². The third kappa shape index (κ3) is 4.40. The van der Waals surface area contributed by atoms with E-state index >= 15 is 0 Å².